The lowest BCUT2D eigenvalue weighted by Crippen LogP contribution is -2.27. The fraction of sp³-hybridized carbons (Fsp3) is 0.174. The van der Waals surface area contributed by atoms with Crippen LogP contribution in [0.3, 0.4) is 0 Å². The lowest BCUT2D eigenvalue weighted by Gasteiger charge is -2.08. The molecule has 2 heterocycles. The number of aromatic amines is 1. The first-order chi connectivity index (χ1) is 14.5. The minimum Gasteiger partial charge on any atom is -0.352 e. The van der Waals surface area contributed by atoms with Crippen LogP contribution in [0.1, 0.15) is 32.7 Å². The van der Waals surface area contributed by atoms with Crippen LogP contribution in [0.2, 0.25) is 0 Å². The van der Waals surface area contributed by atoms with Crippen LogP contribution in [0.4, 0.5) is 4.39 Å². The number of H-pyrrole nitrogens is 1. The van der Waals surface area contributed by atoms with Gasteiger partial charge in [0.1, 0.15) is 11.4 Å². The molecule has 4 aromatic rings. The molecule has 152 valence electrons. The van der Waals surface area contributed by atoms with Gasteiger partial charge in [-0.25, -0.2) is 13.9 Å². The molecule has 1 amide bonds. The van der Waals surface area contributed by atoms with E-state index in [-0.39, 0.29) is 29.4 Å². The van der Waals surface area contributed by atoms with Crippen LogP contribution in [-0.4, -0.2) is 27.0 Å². The number of aromatic nitrogens is 3. The number of hydrogen-bond acceptors (Lipinski definition) is 3. The molecular formula is C23H21FN4O2. The molecule has 0 aliphatic rings. The van der Waals surface area contributed by atoms with E-state index in [1.807, 2.05) is 30.3 Å². The van der Waals surface area contributed by atoms with Crippen LogP contribution >= 0.6 is 0 Å². The van der Waals surface area contributed by atoms with Gasteiger partial charge in [0.05, 0.1) is 0 Å². The highest BCUT2D eigenvalue weighted by Gasteiger charge is 2.18. The quantitative estimate of drug-likeness (QED) is 0.518. The van der Waals surface area contributed by atoms with E-state index >= 15 is 0 Å². The smallest absolute Gasteiger partial charge is 0.276 e. The number of rotatable bonds is 6. The molecule has 0 saturated heterocycles. The Kier molecular flexibility index (Phi) is 5.43. The summed E-state index contributed by atoms with van der Waals surface area (Å²) in [5.74, 6) is -0.677. The SMILES string of the molecule is Cc1nc2c(C(=O)NCCc3ccccc3)c[nH]n2c(=O)c1Cc1ccccc1F. The van der Waals surface area contributed by atoms with Crippen molar-refractivity contribution in [3.8, 4) is 0 Å². The summed E-state index contributed by atoms with van der Waals surface area (Å²) in [5.41, 5.74) is 2.61. The average molecular weight is 404 g/mol. The van der Waals surface area contributed by atoms with Crippen molar-refractivity contribution in [3.05, 3.63) is 105 Å². The Bertz CT molecular complexity index is 1260. The number of carbonyl (C=O) groups excluding carboxylic acids is 1. The predicted molar refractivity (Wildman–Crippen MR) is 112 cm³/mol. The molecule has 0 aliphatic heterocycles. The zero-order chi connectivity index (χ0) is 21.1. The molecule has 4 rings (SSSR count). The monoisotopic (exact) mass is 404 g/mol. The molecule has 2 N–H and O–H groups in total. The van der Waals surface area contributed by atoms with Crippen molar-refractivity contribution >= 4 is 11.6 Å². The second-order valence-corrected chi connectivity index (χ2v) is 7.09. The van der Waals surface area contributed by atoms with Crippen LogP contribution in [-0.2, 0) is 12.8 Å². The topological polar surface area (TPSA) is 79.3 Å². The van der Waals surface area contributed by atoms with E-state index in [0.717, 1.165) is 5.56 Å². The molecule has 0 radical (unpaired) electrons. The zero-order valence-corrected chi connectivity index (χ0v) is 16.5. The summed E-state index contributed by atoms with van der Waals surface area (Å²) in [6.07, 6.45) is 2.30. The van der Waals surface area contributed by atoms with Crippen LogP contribution in [0.25, 0.3) is 5.65 Å². The van der Waals surface area contributed by atoms with E-state index < -0.39 is 0 Å². The molecule has 30 heavy (non-hydrogen) atoms. The summed E-state index contributed by atoms with van der Waals surface area (Å²) in [5, 5.41) is 5.66. The van der Waals surface area contributed by atoms with Gasteiger partial charge in [0.15, 0.2) is 5.65 Å². The van der Waals surface area contributed by atoms with E-state index in [4.69, 9.17) is 0 Å². The van der Waals surface area contributed by atoms with E-state index in [1.54, 1.807) is 25.1 Å². The van der Waals surface area contributed by atoms with E-state index in [0.29, 0.717) is 35.3 Å². The van der Waals surface area contributed by atoms with Gasteiger partial charge in [0.2, 0.25) is 0 Å². The Hall–Kier alpha value is -3.74. The lowest BCUT2D eigenvalue weighted by molar-refractivity contribution is 0.0955. The van der Waals surface area contributed by atoms with Crippen LogP contribution < -0.4 is 10.9 Å². The molecule has 0 unspecified atom stereocenters. The fourth-order valence-electron chi connectivity index (χ4n) is 3.42. The Balaban J connectivity index is 1.57. The molecule has 2 aromatic heterocycles. The van der Waals surface area contributed by atoms with Gasteiger partial charge in [-0.05, 0) is 30.5 Å². The summed E-state index contributed by atoms with van der Waals surface area (Å²) in [4.78, 5) is 30.0. The highest BCUT2D eigenvalue weighted by molar-refractivity contribution is 5.99. The van der Waals surface area contributed by atoms with Crippen LogP contribution in [0.15, 0.2) is 65.6 Å². The molecule has 0 atom stereocenters. The lowest BCUT2D eigenvalue weighted by atomic mass is 10.0. The first kappa shape index (κ1) is 19.6. The van der Waals surface area contributed by atoms with Gasteiger partial charge in [-0.3, -0.25) is 14.7 Å². The fourth-order valence-corrected chi connectivity index (χ4v) is 3.42. The van der Waals surface area contributed by atoms with Gasteiger partial charge in [0, 0.05) is 30.4 Å². The molecule has 6 nitrogen and oxygen atoms in total. The van der Waals surface area contributed by atoms with E-state index in [2.05, 4.69) is 15.4 Å². The highest BCUT2D eigenvalue weighted by Crippen LogP contribution is 2.15. The summed E-state index contributed by atoms with van der Waals surface area (Å²) >= 11 is 0. The number of benzene rings is 2. The molecular weight excluding hydrogens is 383 g/mol. The summed E-state index contributed by atoms with van der Waals surface area (Å²) in [6.45, 7) is 2.16. The predicted octanol–water partition coefficient (Wildman–Crippen LogP) is 3.03. The Morgan fingerprint density at radius 3 is 2.63 bits per heavy atom. The minimum atomic E-state index is -0.369. The average Bonchev–Trinajstić information content (AvgIpc) is 3.17. The maximum absolute atomic E-state index is 14.0. The Morgan fingerprint density at radius 2 is 1.87 bits per heavy atom. The summed E-state index contributed by atoms with van der Waals surface area (Å²) < 4.78 is 15.2. The van der Waals surface area contributed by atoms with Crippen molar-refractivity contribution in [2.24, 2.45) is 0 Å². The van der Waals surface area contributed by atoms with Crippen molar-refractivity contribution in [2.75, 3.05) is 6.54 Å². The van der Waals surface area contributed by atoms with Gasteiger partial charge in [-0.15, -0.1) is 0 Å². The molecule has 2 aromatic carbocycles. The van der Waals surface area contributed by atoms with Gasteiger partial charge >= 0.3 is 0 Å². The third-order valence-corrected chi connectivity index (χ3v) is 5.07. The number of amides is 1. The van der Waals surface area contributed by atoms with E-state index in [1.165, 1.54) is 16.8 Å². The molecule has 0 spiro atoms. The Morgan fingerprint density at radius 1 is 1.13 bits per heavy atom. The zero-order valence-electron chi connectivity index (χ0n) is 16.5. The molecule has 0 aliphatic carbocycles. The molecule has 7 heteroatoms. The normalized spacial score (nSPS) is 11.0. The van der Waals surface area contributed by atoms with Crippen molar-refractivity contribution in [1.82, 2.24) is 19.9 Å². The summed E-state index contributed by atoms with van der Waals surface area (Å²) in [6, 6.07) is 16.2. The number of nitrogens with one attached hydrogen (secondary N) is 2. The summed E-state index contributed by atoms with van der Waals surface area (Å²) in [7, 11) is 0. The third-order valence-electron chi connectivity index (χ3n) is 5.07. The first-order valence-electron chi connectivity index (χ1n) is 9.69. The van der Waals surface area contributed by atoms with Crippen LogP contribution in [0, 0.1) is 12.7 Å². The minimum absolute atomic E-state index is 0.130. The highest BCUT2D eigenvalue weighted by atomic mass is 19.1. The van der Waals surface area contributed by atoms with Crippen molar-refractivity contribution < 1.29 is 9.18 Å². The van der Waals surface area contributed by atoms with E-state index in [9.17, 15) is 14.0 Å². The second kappa shape index (κ2) is 8.32. The number of halogens is 1. The number of nitrogens with zero attached hydrogens (tertiary/aromatic N) is 2. The number of hydrogen-bond donors (Lipinski definition) is 2. The standard InChI is InChI=1S/C23H21FN4O2/c1-15-18(13-17-9-5-6-10-20(17)24)23(30)28-21(27-15)19(14-26-28)22(29)25-12-11-16-7-3-2-4-8-16/h2-10,14,26H,11-13H2,1H3,(H,25,29). The molecule has 0 fully saturated rings. The number of aryl methyl sites for hydroxylation is 1. The molecule has 0 saturated carbocycles. The first-order valence-corrected chi connectivity index (χ1v) is 9.69. The maximum Gasteiger partial charge on any atom is 0.276 e. The van der Waals surface area contributed by atoms with Gasteiger partial charge in [-0.1, -0.05) is 48.5 Å². The van der Waals surface area contributed by atoms with Crippen LogP contribution in [0.5, 0.6) is 0 Å². The van der Waals surface area contributed by atoms with Gasteiger partial charge in [0.25, 0.3) is 11.5 Å². The number of carbonyl (C=O) groups is 1. The van der Waals surface area contributed by atoms with Crippen molar-refractivity contribution in [2.45, 2.75) is 19.8 Å². The number of fused-ring (bicyclic) bond motifs is 1. The maximum atomic E-state index is 14.0. The Labute approximate surface area is 172 Å². The third kappa shape index (κ3) is 3.87. The second-order valence-electron chi connectivity index (χ2n) is 7.09. The molecule has 0 bridgehead atoms. The largest absolute Gasteiger partial charge is 0.352 e. The van der Waals surface area contributed by atoms with Crippen molar-refractivity contribution in [1.29, 1.82) is 0 Å². The van der Waals surface area contributed by atoms with Gasteiger partial charge < -0.3 is 5.32 Å². The van der Waals surface area contributed by atoms with Gasteiger partial charge in [-0.2, -0.15) is 0 Å². The van der Waals surface area contributed by atoms with Crippen molar-refractivity contribution in [3.63, 3.8) is 0 Å².